The predicted octanol–water partition coefficient (Wildman–Crippen LogP) is 1.81. The normalized spacial score (nSPS) is 12.6. The number of rotatable bonds is 14. The molecule has 0 aliphatic heterocycles. The van der Waals surface area contributed by atoms with Gasteiger partial charge in [0.1, 0.15) is 0 Å². The van der Waals surface area contributed by atoms with Crippen molar-refractivity contribution in [3.8, 4) is 0 Å². The fourth-order valence-electron chi connectivity index (χ4n) is 2.30. The summed E-state index contributed by atoms with van der Waals surface area (Å²) in [4.78, 5) is 2.20. The van der Waals surface area contributed by atoms with Crippen LogP contribution >= 0.6 is 0 Å². The number of nitrogens with zero attached hydrogens (tertiary/aromatic N) is 1. The summed E-state index contributed by atoms with van der Waals surface area (Å²) in [5, 5.41) is 0. The van der Waals surface area contributed by atoms with Crippen LogP contribution in [0.1, 0.15) is 0 Å². The van der Waals surface area contributed by atoms with E-state index in [0.29, 0.717) is 6.04 Å². The molecule has 0 amide bonds. The molecule has 0 saturated heterocycles. The van der Waals surface area contributed by atoms with Crippen LogP contribution in [0.4, 0.5) is 0 Å². The third kappa shape index (κ3) is 6.43. The van der Waals surface area contributed by atoms with Gasteiger partial charge in [-0.05, 0) is 6.04 Å². The van der Waals surface area contributed by atoms with Crippen molar-refractivity contribution in [2.45, 2.75) is 12.1 Å². The molecular weight excluding hydrogens is 318 g/mol. The topological polar surface area (TPSA) is 49.4 Å². The Balaban J connectivity index is 4.99. The highest BCUT2D eigenvalue weighted by Crippen LogP contribution is 2.24. The zero-order valence-corrected chi connectivity index (χ0v) is 16.6. The van der Waals surface area contributed by atoms with Crippen LogP contribution in [0.25, 0.3) is 0 Å². The van der Waals surface area contributed by atoms with Gasteiger partial charge >= 0.3 is 17.4 Å². The van der Waals surface area contributed by atoms with Crippen molar-refractivity contribution in [3.05, 3.63) is 25.3 Å². The molecule has 0 fully saturated rings. The average Bonchev–Trinajstić information content (AvgIpc) is 2.56. The Bertz CT molecular complexity index is 304. The maximum atomic E-state index is 5.80. The van der Waals surface area contributed by atoms with Gasteiger partial charge in [-0.1, -0.05) is 12.2 Å². The molecule has 0 bridgehead atoms. The van der Waals surface area contributed by atoms with Crippen LogP contribution in [0.3, 0.4) is 0 Å². The van der Waals surface area contributed by atoms with E-state index in [4.69, 9.17) is 22.1 Å². The first-order chi connectivity index (χ1) is 10.5. The minimum absolute atomic E-state index is 0.653. The van der Waals surface area contributed by atoms with Crippen LogP contribution in [0.2, 0.25) is 12.1 Å². The molecule has 0 aromatic carbocycles. The summed E-state index contributed by atoms with van der Waals surface area (Å²) in [5.74, 6) is 0. The van der Waals surface area contributed by atoms with E-state index in [-0.39, 0.29) is 0 Å². The summed E-state index contributed by atoms with van der Waals surface area (Å²) in [7, 11) is 3.20. The highest BCUT2D eigenvalue weighted by atomic mass is 28.4. The van der Waals surface area contributed by atoms with Gasteiger partial charge < -0.3 is 22.1 Å². The van der Waals surface area contributed by atoms with Gasteiger partial charge in [0.15, 0.2) is 0 Å². The lowest BCUT2D eigenvalue weighted by molar-refractivity contribution is 0.123. The highest BCUT2D eigenvalue weighted by Gasteiger charge is 2.45. The van der Waals surface area contributed by atoms with Gasteiger partial charge in [-0.15, -0.1) is 13.2 Å². The van der Waals surface area contributed by atoms with Crippen molar-refractivity contribution in [2.75, 3.05) is 54.8 Å². The van der Waals surface area contributed by atoms with Gasteiger partial charge in [-0.3, -0.25) is 4.90 Å². The molecule has 8 heteroatoms. The summed E-state index contributed by atoms with van der Waals surface area (Å²) < 4.78 is 28.0. The summed E-state index contributed by atoms with van der Waals surface area (Å²) >= 11 is 0. The molecule has 0 aromatic heterocycles. The molecule has 0 rings (SSSR count). The van der Waals surface area contributed by atoms with Gasteiger partial charge in [0.05, 0.1) is 0 Å². The van der Waals surface area contributed by atoms with Crippen LogP contribution in [-0.4, -0.2) is 77.1 Å². The van der Waals surface area contributed by atoms with E-state index < -0.39 is 17.4 Å². The van der Waals surface area contributed by atoms with Gasteiger partial charge in [-0.2, -0.15) is 0 Å². The molecule has 0 aliphatic carbocycles. The Morgan fingerprint density at radius 3 is 1.55 bits per heavy atom. The van der Waals surface area contributed by atoms with Gasteiger partial charge in [0, 0.05) is 60.9 Å². The van der Waals surface area contributed by atoms with Gasteiger partial charge in [0.2, 0.25) is 0 Å². The first-order valence-electron chi connectivity index (χ1n) is 7.20. The molecular formula is C14H31NO5Si2. The molecule has 130 valence electrons. The van der Waals surface area contributed by atoms with Crippen molar-refractivity contribution < 1.29 is 22.1 Å². The largest absolute Gasteiger partial charge is 0.500 e. The van der Waals surface area contributed by atoms with Gasteiger partial charge in [0.25, 0.3) is 0 Å². The smallest absolute Gasteiger partial charge is 0.397 e. The molecule has 6 nitrogen and oxygen atoms in total. The predicted molar refractivity (Wildman–Crippen MR) is 93.0 cm³/mol. The van der Waals surface area contributed by atoms with E-state index in [9.17, 15) is 0 Å². The molecule has 0 saturated carbocycles. The average molecular weight is 350 g/mol. The third-order valence-electron chi connectivity index (χ3n) is 3.73. The Morgan fingerprint density at radius 1 is 0.773 bits per heavy atom. The zero-order valence-electron chi connectivity index (χ0n) is 14.6. The van der Waals surface area contributed by atoms with E-state index in [1.165, 1.54) is 0 Å². The summed E-state index contributed by atoms with van der Waals surface area (Å²) in [5.41, 5.74) is 0. The SMILES string of the molecule is C=CCN(CC=C)C[Si](CC[Si](OC)(OC)OC)(OC)OC. The Labute approximate surface area is 137 Å². The monoisotopic (exact) mass is 349 g/mol. The quantitative estimate of drug-likeness (QED) is 0.352. The van der Waals surface area contributed by atoms with Crippen LogP contribution in [0.5, 0.6) is 0 Å². The Hall–Kier alpha value is -0.326. The van der Waals surface area contributed by atoms with E-state index in [0.717, 1.165) is 25.3 Å². The number of hydrogen-bond acceptors (Lipinski definition) is 6. The zero-order chi connectivity index (χ0) is 17.1. The number of hydrogen-bond donors (Lipinski definition) is 0. The standard InChI is InChI=1S/C14H31NO5Si2/c1-8-10-15(11-9-2)14-21(16-3,17-4)12-13-22(18-5,19-6)20-7/h8-9H,1-2,10-14H2,3-7H3. The van der Waals surface area contributed by atoms with Crippen LogP contribution in [0, 0.1) is 0 Å². The maximum Gasteiger partial charge on any atom is 0.500 e. The summed E-state index contributed by atoms with van der Waals surface area (Å²) in [6.07, 6.45) is 4.46. The van der Waals surface area contributed by atoms with Crippen molar-refractivity contribution in [3.63, 3.8) is 0 Å². The highest BCUT2D eigenvalue weighted by molar-refractivity contribution is 6.70. The second-order valence-electron chi connectivity index (χ2n) is 4.89. The van der Waals surface area contributed by atoms with E-state index in [2.05, 4.69) is 18.1 Å². The third-order valence-corrected chi connectivity index (χ3v) is 10.4. The molecule has 0 aromatic rings. The van der Waals surface area contributed by atoms with E-state index >= 15 is 0 Å². The minimum atomic E-state index is -2.63. The molecule has 0 unspecified atom stereocenters. The summed E-state index contributed by atoms with van der Waals surface area (Å²) in [6, 6.07) is 1.38. The first-order valence-corrected chi connectivity index (χ1v) is 11.4. The lowest BCUT2D eigenvalue weighted by atomic mass is 10.5. The Morgan fingerprint density at radius 2 is 1.23 bits per heavy atom. The molecule has 22 heavy (non-hydrogen) atoms. The fraction of sp³-hybridized carbons (Fsp3) is 0.714. The van der Waals surface area contributed by atoms with Crippen molar-refractivity contribution in [2.24, 2.45) is 0 Å². The molecule has 0 radical (unpaired) electrons. The van der Waals surface area contributed by atoms with Crippen LogP contribution in [0.15, 0.2) is 25.3 Å². The van der Waals surface area contributed by atoms with Crippen LogP contribution in [-0.2, 0) is 22.1 Å². The lowest BCUT2D eigenvalue weighted by Gasteiger charge is -2.34. The van der Waals surface area contributed by atoms with Crippen molar-refractivity contribution in [1.29, 1.82) is 0 Å². The second-order valence-corrected chi connectivity index (χ2v) is 11.4. The maximum absolute atomic E-state index is 5.80. The minimum Gasteiger partial charge on any atom is -0.397 e. The molecule has 0 heterocycles. The summed E-state index contributed by atoms with van der Waals surface area (Å²) in [6.45, 7) is 9.11. The second kappa shape index (κ2) is 11.2. The molecule has 0 N–H and O–H groups in total. The van der Waals surface area contributed by atoms with E-state index in [1.807, 2.05) is 12.2 Å². The molecule has 0 spiro atoms. The Kier molecular flexibility index (Phi) is 11.1. The fourth-order valence-corrected chi connectivity index (χ4v) is 8.10. The first kappa shape index (κ1) is 21.7. The van der Waals surface area contributed by atoms with Crippen LogP contribution < -0.4 is 0 Å². The molecule has 0 atom stereocenters. The molecule has 0 aliphatic rings. The van der Waals surface area contributed by atoms with Gasteiger partial charge in [-0.25, -0.2) is 0 Å². The van der Waals surface area contributed by atoms with Crippen molar-refractivity contribution >= 4 is 17.4 Å². The van der Waals surface area contributed by atoms with E-state index in [1.54, 1.807) is 35.5 Å². The van der Waals surface area contributed by atoms with Crippen molar-refractivity contribution in [1.82, 2.24) is 4.90 Å². The lowest BCUT2D eigenvalue weighted by Crippen LogP contribution is -2.54.